The van der Waals surface area contributed by atoms with Crippen LogP contribution in [-0.2, 0) is 19.0 Å². The van der Waals surface area contributed by atoms with Crippen molar-refractivity contribution in [2.45, 2.75) is 130 Å². The molecule has 0 aliphatic heterocycles. The second-order valence-electron chi connectivity index (χ2n) is 9.16. The van der Waals surface area contributed by atoms with Crippen LogP contribution in [0, 0.1) is 0 Å². The zero-order valence-electron chi connectivity index (χ0n) is 20.1. The first-order valence-corrected chi connectivity index (χ1v) is 12.3. The Morgan fingerprint density at radius 2 is 1.00 bits per heavy atom. The smallest absolute Gasteiger partial charge is 0.308 e. The fourth-order valence-electron chi connectivity index (χ4n) is 3.27. The van der Waals surface area contributed by atoms with E-state index in [0.717, 1.165) is 13.0 Å². The number of hydrogen-bond acceptors (Lipinski definition) is 4. The average molecular weight is 415 g/mol. The summed E-state index contributed by atoms with van der Waals surface area (Å²) in [4.78, 5) is 11.5. The molecule has 29 heavy (non-hydrogen) atoms. The zero-order chi connectivity index (χ0) is 21.6. The number of unbranched alkanes of at least 4 members (excludes halogenated alkanes) is 13. The molecule has 0 aromatic heterocycles. The molecule has 0 fully saturated rings. The van der Waals surface area contributed by atoms with E-state index in [0.29, 0.717) is 26.2 Å². The number of carbonyl (C=O) groups excluding carboxylic acids is 1. The molecule has 0 radical (unpaired) electrons. The van der Waals surface area contributed by atoms with E-state index < -0.39 is 5.60 Å². The number of hydrogen-bond donors (Lipinski definition) is 0. The van der Waals surface area contributed by atoms with Crippen LogP contribution in [0.5, 0.6) is 0 Å². The molecule has 4 nitrogen and oxygen atoms in total. The van der Waals surface area contributed by atoms with Crippen molar-refractivity contribution in [3.05, 3.63) is 0 Å². The van der Waals surface area contributed by atoms with Crippen LogP contribution >= 0.6 is 0 Å². The molecule has 0 amide bonds. The maximum absolute atomic E-state index is 11.5. The predicted molar refractivity (Wildman–Crippen MR) is 122 cm³/mol. The van der Waals surface area contributed by atoms with E-state index in [-0.39, 0.29) is 5.97 Å². The van der Waals surface area contributed by atoms with E-state index in [1.165, 1.54) is 83.5 Å². The van der Waals surface area contributed by atoms with Gasteiger partial charge in [0.15, 0.2) is 0 Å². The molecular weight excluding hydrogens is 364 g/mol. The lowest BCUT2D eigenvalue weighted by atomic mass is 10.0. The summed E-state index contributed by atoms with van der Waals surface area (Å²) in [6, 6.07) is 0. The molecule has 0 aliphatic rings. The maximum Gasteiger partial charge on any atom is 0.308 e. The zero-order valence-corrected chi connectivity index (χ0v) is 20.1. The minimum atomic E-state index is -0.423. The first-order valence-electron chi connectivity index (χ1n) is 12.3. The standard InChI is InChI=1S/C25H50O4/c1-5-6-7-8-9-10-11-12-13-14-15-16-17-18-20-27-22-23-28-21-19-24(26)29-25(2,3)4/h5-23H2,1-4H3. The SMILES string of the molecule is CCCCCCCCCCCCCCCCOCCOCCC(=O)OC(C)(C)C. The highest BCUT2D eigenvalue weighted by Crippen LogP contribution is 2.13. The second kappa shape index (κ2) is 20.7. The largest absolute Gasteiger partial charge is 0.460 e. The van der Waals surface area contributed by atoms with Crippen molar-refractivity contribution in [1.82, 2.24) is 0 Å². The molecule has 0 aromatic rings. The molecule has 0 rings (SSSR count). The van der Waals surface area contributed by atoms with Crippen molar-refractivity contribution in [3.63, 3.8) is 0 Å². The first-order chi connectivity index (χ1) is 14.0. The molecule has 0 aliphatic carbocycles. The van der Waals surface area contributed by atoms with Crippen molar-refractivity contribution < 1.29 is 19.0 Å². The van der Waals surface area contributed by atoms with Gasteiger partial charge in [-0.15, -0.1) is 0 Å². The Kier molecular flexibility index (Phi) is 20.2. The van der Waals surface area contributed by atoms with Gasteiger partial charge in [-0.05, 0) is 27.2 Å². The van der Waals surface area contributed by atoms with Gasteiger partial charge >= 0.3 is 5.97 Å². The molecule has 0 bridgehead atoms. The summed E-state index contributed by atoms with van der Waals surface area (Å²) in [5.41, 5.74) is -0.423. The van der Waals surface area contributed by atoms with E-state index in [2.05, 4.69) is 6.92 Å². The second-order valence-corrected chi connectivity index (χ2v) is 9.16. The van der Waals surface area contributed by atoms with Crippen LogP contribution in [0.25, 0.3) is 0 Å². The molecule has 0 unspecified atom stereocenters. The van der Waals surface area contributed by atoms with Crippen molar-refractivity contribution >= 4 is 5.97 Å². The first kappa shape index (κ1) is 28.4. The lowest BCUT2D eigenvalue weighted by Gasteiger charge is -2.19. The molecule has 0 atom stereocenters. The summed E-state index contributed by atoms with van der Waals surface area (Å²) in [5.74, 6) is -0.208. The highest BCUT2D eigenvalue weighted by molar-refractivity contribution is 5.69. The van der Waals surface area contributed by atoms with Gasteiger partial charge < -0.3 is 14.2 Å². The number of rotatable bonds is 21. The number of esters is 1. The van der Waals surface area contributed by atoms with Crippen molar-refractivity contribution in [2.24, 2.45) is 0 Å². The highest BCUT2D eigenvalue weighted by atomic mass is 16.6. The fraction of sp³-hybridized carbons (Fsp3) is 0.960. The van der Waals surface area contributed by atoms with Gasteiger partial charge in [0, 0.05) is 6.61 Å². The summed E-state index contributed by atoms with van der Waals surface area (Å²) < 4.78 is 16.2. The Labute approximate surface area is 181 Å². The number of ether oxygens (including phenoxy) is 3. The van der Waals surface area contributed by atoms with Crippen molar-refractivity contribution in [1.29, 1.82) is 0 Å². The lowest BCUT2D eigenvalue weighted by Crippen LogP contribution is -2.24. The summed E-state index contributed by atoms with van der Waals surface area (Å²) in [6.45, 7) is 10.3. The van der Waals surface area contributed by atoms with Gasteiger partial charge in [0.1, 0.15) is 5.60 Å². The third-order valence-corrected chi connectivity index (χ3v) is 4.88. The molecule has 0 heterocycles. The molecule has 0 spiro atoms. The van der Waals surface area contributed by atoms with Gasteiger partial charge in [0.05, 0.1) is 26.2 Å². The monoisotopic (exact) mass is 414 g/mol. The topological polar surface area (TPSA) is 44.8 Å². The van der Waals surface area contributed by atoms with Crippen molar-refractivity contribution in [2.75, 3.05) is 26.4 Å². The lowest BCUT2D eigenvalue weighted by molar-refractivity contribution is -0.156. The van der Waals surface area contributed by atoms with E-state index in [9.17, 15) is 4.79 Å². The van der Waals surface area contributed by atoms with Crippen LogP contribution < -0.4 is 0 Å². The Balaban J connectivity index is 3.11. The predicted octanol–water partition coefficient (Wildman–Crippen LogP) is 7.23. The maximum atomic E-state index is 11.5. The quantitative estimate of drug-likeness (QED) is 0.147. The third kappa shape index (κ3) is 25.4. The van der Waals surface area contributed by atoms with Crippen LogP contribution in [0.4, 0.5) is 0 Å². The molecule has 0 saturated carbocycles. The fourth-order valence-corrected chi connectivity index (χ4v) is 3.27. The van der Waals surface area contributed by atoms with Gasteiger partial charge in [-0.1, -0.05) is 90.4 Å². The Morgan fingerprint density at radius 3 is 1.45 bits per heavy atom. The van der Waals surface area contributed by atoms with Crippen LogP contribution in [-0.4, -0.2) is 38.0 Å². The molecule has 0 saturated heterocycles. The Hall–Kier alpha value is -0.610. The van der Waals surface area contributed by atoms with Crippen LogP contribution in [0.15, 0.2) is 0 Å². The minimum absolute atomic E-state index is 0.208. The van der Waals surface area contributed by atoms with Gasteiger partial charge in [-0.25, -0.2) is 0 Å². The highest BCUT2D eigenvalue weighted by Gasteiger charge is 2.15. The van der Waals surface area contributed by atoms with Crippen molar-refractivity contribution in [3.8, 4) is 0 Å². The molecule has 0 N–H and O–H groups in total. The van der Waals surface area contributed by atoms with Gasteiger partial charge in [-0.2, -0.15) is 0 Å². The average Bonchev–Trinajstić information content (AvgIpc) is 2.65. The van der Waals surface area contributed by atoms with Crippen LogP contribution in [0.2, 0.25) is 0 Å². The summed E-state index contributed by atoms with van der Waals surface area (Å²) >= 11 is 0. The molecular formula is C25H50O4. The number of carbonyl (C=O) groups is 1. The Bertz CT molecular complexity index is 349. The summed E-state index contributed by atoms with van der Waals surface area (Å²) in [5, 5.41) is 0. The molecule has 4 heteroatoms. The summed E-state index contributed by atoms with van der Waals surface area (Å²) in [6.07, 6.45) is 19.5. The van der Waals surface area contributed by atoms with Gasteiger partial charge in [0.2, 0.25) is 0 Å². The van der Waals surface area contributed by atoms with Crippen LogP contribution in [0.3, 0.4) is 0 Å². The van der Waals surface area contributed by atoms with Gasteiger partial charge in [-0.3, -0.25) is 4.79 Å². The van der Waals surface area contributed by atoms with E-state index in [4.69, 9.17) is 14.2 Å². The Morgan fingerprint density at radius 1 is 0.586 bits per heavy atom. The van der Waals surface area contributed by atoms with E-state index >= 15 is 0 Å². The minimum Gasteiger partial charge on any atom is -0.460 e. The molecule has 174 valence electrons. The summed E-state index contributed by atoms with van der Waals surface area (Å²) in [7, 11) is 0. The van der Waals surface area contributed by atoms with Gasteiger partial charge in [0.25, 0.3) is 0 Å². The molecule has 0 aromatic carbocycles. The van der Waals surface area contributed by atoms with Crippen LogP contribution in [0.1, 0.15) is 124 Å². The normalized spacial score (nSPS) is 11.7. The van der Waals surface area contributed by atoms with E-state index in [1.54, 1.807) is 0 Å². The third-order valence-electron chi connectivity index (χ3n) is 4.88. The van der Waals surface area contributed by atoms with E-state index in [1.807, 2.05) is 20.8 Å².